The number of morpholine rings is 1. The number of rotatable bonds is 10. The highest BCUT2D eigenvalue weighted by Gasteiger charge is 2.28. The van der Waals surface area contributed by atoms with Crippen molar-refractivity contribution in [1.82, 2.24) is 14.5 Å². The minimum atomic E-state index is -3.61. The fourth-order valence-electron chi connectivity index (χ4n) is 3.46. The summed E-state index contributed by atoms with van der Waals surface area (Å²) in [5, 5.41) is 4.67. The van der Waals surface area contributed by atoms with Crippen molar-refractivity contribution in [3.8, 4) is 0 Å². The molecule has 0 bridgehead atoms. The molecule has 0 unspecified atom stereocenters. The van der Waals surface area contributed by atoms with Crippen molar-refractivity contribution in [1.29, 1.82) is 0 Å². The summed E-state index contributed by atoms with van der Waals surface area (Å²) in [5.41, 5.74) is 0. The predicted octanol–water partition coefficient (Wildman–Crippen LogP) is 1.62. The molecular formula is C18H31N3O4S2. The highest BCUT2D eigenvalue weighted by atomic mass is 32.2. The van der Waals surface area contributed by atoms with E-state index in [0.717, 1.165) is 41.6 Å². The van der Waals surface area contributed by atoms with Crippen molar-refractivity contribution in [2.45, 2.75) is 36.9 Å². The van der Waals surface area contributed by atoms with Gasteiger partial charge in [-0.2, -0.15) is 4.31 Å². The maximum Gasteiger partial charge on any atom is 0.252 e. The second-order valence-corrected chi connectivity index (χ2v) is 10.0. The smallest absolute Gasteiger partial charge is 0.252 e. The fourth-order valence-corrected chi connectivity index (χ4v) is 5.79. The van der Waals surface area contributed by atoms with E-state index in [-0.39, 0.29) is 22.7 Å². The number of thiophene rings is 1. The molecule has 1 aliphatic heterocycles. The zero-order chi connectivity index (χ0) is 19.9. The Morgan fingerprint density at radius 1 is 1.33 bits per heavy atom. The summed E-state index contributed by atoms with van der Waals surface area (Å²) in [6, 6.07) is 3.48. The molecule has 0 radical (unpaired) electrons. The summed E-state index contributed by atoms with van der Waals surface area (Å²) in [5.74, 6) is 0.206. The van der Waals surface area contributed by atoms with Gasteiger partial charge >= 0.3 is 0 Å². The van der Waals surface area contributed by atoms with E-state index in [0.29, 0.717) is 25.7 Å². The van der Waals surface area contributed by atoms with Gasteiger partial charge in [-0.15, -0.1) is 11.3 Å². The standard InChI is InChI=1S/C18H31N3O4S2/c1-4-15(5-2)16(21-8-10-25-11-9-21)13-19-17(22)14-20(3)27(23,24)18-7-6-12-26-18/h6-7,12,15-16H,4-5,8-11,13-14H2,1-3H3,(H,19,22)/t16-/m1/s1. The number of hydrogen-bond acceptors (Lipinski definition) is 6. The molecule has 1 atom stereocenters. The summed E-state index contributed by atoms with van der Waals surface area (Å²) in [6.07, 6.45) is 2.09. The van der Waals surface area contributed by atoms with Gasteiger partial charge in [-0.05, 0) is 17.4 Å². The molecule has 2 rings (SSSR count). The van der Waals surface area contributed by atoms with E-state index in [1.807, 2.05) is 0 Å². The van der Waals surface area contributed by atoms with Crippen molar-refractivity contribution in [2.24, 2.45) is 5.92 Å². The van der Waals surface area contributed by atoms with Gasteiger partial charge in [0, 0.05) is 32.7 Å². The van der Waals surface area contributed by atoms with Crippen LogP contribution in [0.1, 0.15) is 26.7 Å². The van der Waals surface area contributed by atoms with Crippen LogP contribution in [0.4, 0.5) is 0 Å². The summed E-state index contributed by atoms with van der Waals surface area (Å²) in [4.78, 5) is 14.8. The Morgan fingerprint density at radius 2 is 2.00 bits per heavy atom. The maximum atomic E-state index is 12.4. The molecule has 2 heterocycles. The highest BCUT2D eigenvalue weighted by Crippen LogP contribution is 2.21. The Kier molecular flexibility index (Phi) is 8.68. The summed E-state index contributed by atoms with van der Waals surface area (Å²) < 4.78 is 31.7. The molecule has 0 aliphatic carbocycles. The molecule has 7 nitrogen and oxygen atoms in total. The second kappa shape index (κ2) is 10.5. The van der Waals surface area contributed by atoms with Crippen LogP contribution in [0.2, 0.25) is 0 Å². The first-order chi connectivity index (χ1) is 12.9. The lowest BCUT2D eigenvalue weighted by molar-refractivity contribution is -0.121. The summed E-state index contributed by atoms with van der Waals surface area (Å²) in [7, 11) is -2.17. The normalized spacial score (nSPS) is 17.4. The fraction of sp³-hybridized carbons (Fsp3) is 0.722. The van der Waals surface area contributed by atoms with Gasteiger partial charge in [0.05, 0.1) is 19.8 Å². The maximum absolute atomic E-state index is 12.4. The Morgan fingerprint density at radius 3 is 2.56 bits per heavy atom. The van der Waals surface area contributed by atoms with E-state index in [9.17, 15) is 13.2 Å². The van der Waals surface area contributed by atoms with Crippen molar-refractivity contribution >= 4 is 27.3 Å². The lowest BCUT2D eigenvalue weighted by Gasteiger charge is -2.38. The molecule has 1 N–H and O–H groups in total. The van der Waals surface area contributed by atoms with Crippen LogP contribution in [0, 0.1) is 5.92 Å². The molecule has 154 valence electrons. The number of carbonyl (C=O) groups excluding carboxylic acids is 1. The predicted molar refractivity (Wildman–Crippen MR) is 107 cm³/mol. The Bertz CT molecular complexity index is 669. The van der Waals surface area contributed by atoms with Crippen LogP contribution in [0.15, 0.2) is 21.7 Å². The molecule has 1 aliphatic rings. The summed E-state index contributed by atoms with van der Waals surface area (Å²) in [6.45, 7) is 7.85. The molecule has 1 fully saturated rings. The van der Waals surface area contributed by atoms with Crippen LogP contribution in [0.3, 0.4) is 0 Å². The SMILES string of the molecule is CCC(CC)[C@@H](CNC(=O)CN(C)S(=O)(=O)c1cccs1)N1CCOCC1. The van der Waals surface area contributed by atoms with Crippen LogP contribution in [-0.4, -0.2) is 76.0 Å². The minimum absolute atomic E-state index is 0.182. The molecule has 0 saturated carbocycles. The number of ether oxygens (including phenoxy) is 1. The molecule has 1 aromatic heterocycles. The first-order valence-corrected chi connectivity index (χ1v) is 11.8. The largest absolute Gasteiger partial charge is 0.379 e. The van der Waals surface area contributed by atoms with Crippen LogP contribution in [0.25, 0.3) is 0 Å². The lowest BCUT2D eigenvalue weighted by Crippen LogP contribution is -2.52. The van der Waals surface area contributed by atoms with Gasteiger partial charge in [0.15, 0.2) is 0 Å². The van der Waals surface area contributed by atoms with Crippen LogP contribution < -0.4 is 5.32 Å². The van der Waals surface area contributed by atoms with E-state index in [4.69, 9.17) is 4.74 Å². The number of amides is 1. The number of likely N-dealkylation sites (N-methyl/N-ethyl adjacent to an activating group) is 1. The lowest BCUT2D eigenvalue weighted by atomic mass is 9.92. The first kappa shape index (κ1) is 22.3. The van der Waals surface area contributed by atoms with Gasteiger partial charge < -0.3 is 10.1 Å². The monoisotopic (exact) mass is 417 g/mol. The molecule has 1 amide bonds. The van der Waals surface area contributed by atoms with E-state index in [2.05, 4.69) is 24.1 Å². The average molecular weight is 418 g/mol. The molecule has 1 saturated heterocycles. The van der Waals surface area contributed by atoms with Gasteiger partial charge in [-0.25, -0.2) is 8.42 Å². The number of hydrogen-bond donors (Lipinski definition) is 1. The van der Waals surface area contributed by atoms with Gasteiger partial charge in [0.2, 0.25) is 5.91 Å². The molecule has 0 spiro atoms. The van der Waals surface area contributed by atoms with Crippen molar-refractivity contribution in [2.75, 3.05) is 46.4 Å². The number of nitrogens with zero attached hydrogens (tertiary/aromatic N) is 2. The van der Waals surface area contributed by atoms with Crippen molar-refractivity contribution in [3.05, 3.63) is 17.5 Å². The minimum Gasteiger partial charge on any atom is -0.379 e. The average Bonchev–Trinajstić information content (AvgIpc) is 3.21. The number of sulfonamides is 1. The third-order valence-electron chi connectivity index (χ3n) is 5.14. The topological polar surface area (TPSA) is 79.0 Å². The van der Waals surface area contributed by atoms with E-state index in [1.54, 1.807) is 17.5 Å². The molecule has 9 heteroatoms. The zero-order valence-corrected chi connectivity index (χ0v) is 18.0. The number of carbonyl (C=O) groups is 1. The van der Waals surface area contributed by atoms with Crippen LogP contribution in [-0.2, 0) is 19.6 Å². The van der Waals surface area contributed by atoms with E-state index in [1.165, 1.54) is 7.05 Å². The van der Waals surface area contributed by atoms with Gasteiger partial charge in [0.25, 0.3) is 10.0 Å². The van der Waals surface area contributed by atoms with Crippen LogP contribution >= 0.6 is 11.3 Å². The van der Waals surface area contributed by atoms with Gasteiger partial charge in [0.1, 0.15) is 4.21 Å². The van der Waals surface area contributed by atoms with Crippen LogP contribution in [0.5, 0.6) is 0 Å². The first-order valence-electron chi connectivity index (χ1n) is 9.48. The highest BCUT2D eigenvalue weighted by molar-refractivity contribution is 7.91. The van der Waals surface area contributed by atoms with E-state index >= 15 is 0 Å². The second-order valence-electron chi connectivity index (χ2n) is 6.79. The molecule has 27 heavy (non-hydrogen) atoms. The molecule has 0 aromatic carbocycles. The Labute approximate surface area is 166 Å². The van der Waals surface area contributed by atoms with Crippen molar-refractivity contribution < 1.29 is 17.9 Å². The Hall–Kier alpha value is -1.00. The summed E-state index contributed by atoms with van der Waals surface area (Å²) >= 11 is 1.15. The quantitative estimate of drug-likeness (QED) is 0.626. The van der Waals surface area contributed by atoms with Crippen molar-refractivity contribution in [3.63, 3.8) is 0 Å². The van der Waals surface area contributed by atoms with Gasteiger partial charge in [-0.1, -0.05) is 32.8 Å². The zero-order valence-electron chi connectivity index (χ0n) is 16.4. The molecular weight excluding hydrogens is 386 g/mol. The Balaban J connectivity index is 1.94. The third kappa shape index (κ3) is 5.99. The third-order valence-corrected chi connectivity index (χ3v) is 8.32. The molecule has 1 aromatic rings. The number of nitrogens with one attached hydrogen (secondary N) is 1. The van der Waals surface area contributed by atoms with Gasteiger partial charge in [-0.3, -0.25) is 9.69 Å². The van der Waals surface area contributed by atoms with E-state index < -0.39 is 10.0 Å².